The molecule has 0 spiro atoms. The normalized spacial score (nSPS) is 11.9. The van der Waals surface area contributed by atoms with E-state index >= 15 is 0 Å². The summed E-state index contributed by atoms with van der Waals surface area (Å²) < 4.78 is 7.42. The molecule has 2 aromatic heterocycles. The maximum atomic E-state index is 11.3. The lowest BCUT2D eigenvalue weighted by Crippen LogP contribution is -2.11. The van der Waals surface area contributed by atoms with Crippen LogP contribution >= 0.6 is 22.9 Å². The number of hydrogen-bond donors (Lipinski definition) is 0. The number of carbonyl (C=O) groups is 1. The van der Waals surface area contributed by atoms with Gasteiger partial charge in [-0.3, -0.25) is 4.79 Å². The van der Waals surface area contributed by atoms with E-state index in [0.29, 0.717) is 21.5 Å². The molecule has 0 bridgehead atoms. The molecule has 7 heteroatoms. The minimum absolute atomic E-state index is 0.0275. The van der Waals surface area contributed by atoms with Gasteiger partial charge in [-0.2, -0.15) is 0 Å². The van der Waals surface area contributed by atoms with Crippen LogP contribution in [0.5, 0.6) is 10.9 Å². The summed E-state index contributed by atoms with van der Waals surface area (Å²) in [6.07, 6.45) is 1.90. The summed E-state index contributed by atoms with van der Waals surface area (Å²) in [6, 6.07) is 4.94. The molecule has 0 aliphatic heterocycles. The van der Waals surface area contributed by atoms with E-state index in [9.17, 15) is 4.79 Å². The molecular formula is C16H16ClN3O2S. The van der Waals surface area contributed by atoms with Crippen LogP contribution in [0.4, 0.5) is 0 Å². The number of benzene rings is 1. The molecule has 0 N–H and O–H groups in total. The van der Waals surface area contributed by atoms with Crippen LogP contribution < -0.4 is 4.74 Å². The Kier molecular flexibility index (Phi) is 3.90. The molecule has 0 saturated carbocycles. The fraction of sp³-hybridized carbons (Fsp3) is 0.312. The highest BCUT2D eigenvalue weighted by Gasteiger charge is 2.20. The number of imidazole rings is 1. The number of aromatic nitrogens is 3. The minimum atomic E-state index is -0.0409. The van der Waals surface area contributed by atoms with Crippen molar-refractivity contribution in [2.75, 3.05) is 0 Å². The van der Waals surface area contributed by atoms with E-state index in [1.165, 1.54) is 18.3 Å². The third kappa shape index (κ3) is 3.23. The van der Waals surface area contributed by atoms with Gasteiger partial charge in [0.15, 0.2) is 5.78 Å². The molecule has 0 saturated heterocycles. The van der Waals surface area contributed by atoms with Gasteiger partial charge in [0.05, 0.1) is 16.9 Å². The topological polar surface area (TPSA) is 56.5 Å². The van der Waals surface area contributed by atoms with Gasteiger partial charge in [0.1, 0.15) is 5.75 Å². The van der Waals surface area contributed by atoms with E-state index in [1.54, 1.807) is 22.7 Å². The summed E-state index contributed by atoms with van der Waals surface area (Å²) in [7, 11) is 0. The van der Waals surface area contributed by atoms with Gasteiger partial charge in [-0.05, 0) is 36.5 Å². The van der Waals surface area contributed by atoms with Crippen molar-refractivity contribution in [3.05, 3.63) is 40.7 Å². The number of ketones is 1. The standard InChI is InChI=1S/C16H16ClN3O2S/c1-9(21)10-5-6-12(11(17)7-10)22-15-19-20-8-13(16(2,3)4)18-14(20)23-15/h5-8H,1-4H3. The van der Waals surface area contributed by atoms with Crippen molar-refractivity contribution < 1.29 is 9.53 Å². The molecule has 3 aromatic rings. The van der Waals surface area contributed by atoms with Crippen LogP contribution in [-0.2, 0) is 5.41 Å². The molecule has 0 amide bonds. The van der Waals surface area contributed by atoms with Crippen molar-refractivity contribution >= 4 is 33.7 Å². The van der Waals surface area contributed by atoms with Crippen LogP contribution in [0.15, 0.2) is 24.4 Å². The van der Waals surface area contributed by atoms with E-state index in [1.807, 2.05) is 6.20 Å². The van der Waals surface area contributed by atoms with Crippen LogP contribution in [0.25, 0.3) is 4.96 Å². The maximum absolute atomic E-state index is 11.3. The SMILES string of the molecule is CC(=O)c1ccc(Oc2nn3cc(C(C)(C)C)nc3s2)c(Cl)c1. The second-order valence-corrected chi connectivity index (χ2v) is 7.60. The minimum Gasteiger partial charge on any atom is -0.428 e. The zero-order chi connectivity index (χ0) is 16.8. The largest absolute Gasteiger partial charge is 0.428 e. The van der Waals surface area contributed by atoms with Gasteiger partial charge >= 0.3 is 0 Å². The Hall–Kier alpha value is -1.92. The van der Waals surface area contributed by atoms with E-state index in [0.717, 1.165) is 10.7 Å². The number of rotatable bonds is 3. The monoisotopic (exact) mass is 349 g/mol. The molecule has 0 aliphatic carbocycles. The first-order valence-electron chi connectivity index (χ1n) is 7.09. The number of hydrogen-bond acceptors (Lipinski definition) is 5. The fourth-order valence-corrected chi connectivity index (χ4v) is 2.95. The van der Waals surface area contributed by atoms with Crippen LogP contribution in [0, 0.1) is 0 Å². The summed E-state index contributed by atoms with van der Waals surface area (Å²) in [5.74, 6) is 0.422. The number of nitrogens with zero attached hydrogens (tertiary/aromatic N) is 3. The van der Waals surface area contributed by atoms with E-state index in [4.69, 9.17) is 16.3 Å². The fourth-order valence-electron chi connectivity index (χ4n) is 1.98. The Morgan fingerprint density at radius 1 is 1.35 bits per heavy atom. The summed E-state index contributed by atoms with van der Waals surface area (Å²) in [4.78, 5) is 16.7. The highest BCUT2D eigenvalue weighted by molar-refractivity contribution is 7.18. The van der Waals surface area contributed by atoms with Gasteiger partial charge in [-0.15, -0.1) is 5.10 Å². The lowest BCUT2D eigenvalue weighted by Gasteiger charge is -2.13. The summed E-state index contributed by atoms with van der Waals surface area (Å²) in [5, 5.41) is 5.19. The average molecular weight is 350 g/mol. The first-order valence-corrected chi connectivity index (χ1v) is 8.28. The average Bonchev–Trinajstić information content (AvgIpc) is 2.98. The lowest BCUT2D eigenvalue weighted by molar-refractivity contribution is 0.101. The number of ether oxygens (including phenoxy) is 1. The van der Waals surface area contributed by atoms with Gasteiger partial charge in [0.25, 0.3) is 5.19 Å². The van der Waals surface area contributed by atoms with Crippen molar-refractivity contribution in [1.82, 2.24) is 14.6 Å². The first-order chi connectivity index (χ1) is 10.7. The van der Waals surface area contributed by atoms with Crippen molar-refractivity contribution in [2.24, 2.45) is 0 Å². The number of fused-ring (bicyclic) bond motifs is 1. The zero-order valence-corrected chi connectivity index (χ0v) is 14.8. The van der Waals surface area contributed by atoms with Crippen LogP contribution in [0.3, 0.4) is 0 Å². The van der Waals surface area contributed by atoms with Gasteiger partial charge in [-0.1, -0.05) is 32.4 Å². The Morgan fingerprint density at radius 3 is 2.65 bits per heavy atom. The molecular weight excluding hydrogens is 334 g/mol. The second kappa shape index (κ2) is 5.62. The quantitative estimate of drug-likeness (QED) is 0.641. The number of halogens is 1. The summed E-state index contributed by atoms with van der Waals surface area (Å²) in [5.41, 5.74) is 1.50. The highest BCUT2D eigenvalue weighted by Crippen LogP contribution is 2.33. The van der Waals surface area contributed by atoms with Crippen molar-refractivity contribution in [3.8, 4) is 10.9 Å². The number of carbonyl (C=O) groups excluding carboxylic acids is 1. The van der Waals surface area contributed by atoms with Crippen LogP contribution in [0.2, 0.25) is 5.02 Å². The highest BCUT2D eigenvalue weighted by atomic mass is 35.5. The van der Waals surface area contributed by atoms with Crippen LogP contribution in [0.1, 0.15) is 43.7 Å². The van der Waals surface area contributed by atoms with Gasteiger partial charge in [-0.25, -0.2) is 9.50 Å². The Labute approximate surface area is 142 Å². The number of Topliss-reactive ketones (excluding diaryl/α,β-unsaturated/α-hetero) is 1. The predicted octanol–water partition coefficient (Wildman–Crippen LogP) is 4.74. The molecule has 3 rings (SSSR count). The van der Waals surface area contributed by atoms with Crippen LogP contribution in [-0.4, -0.2) is 20.4 Å². The Bertz CT molecular complexity index is 861. The van der Waals surface area contributed by atoms with Crippen molar-refractivity contribution in [1.29, 1.82) is 0 Å². The molecule has 0 fully saturated rings. The molecule has 0 unspecified atom stereocenters. The molecule has 120 valence electrons. The van der Waals surface area contributed by atoms with E-state index in [2.05, 4.69) is 30.9 Å². The molecule has 0 aliphatic rings. The summed E-state index contributed by atoms with van der Waals surface area (Å²) in [6.45, 7) is 7.81. The molecule has 2 heterocycles. The smallest absolute Gasteiger partial charge is 0.299 e. The lowest BCUT2D eigenvalue weighted by atomic mass is 9.93. The van der Waals surface area contributed by atoms with Gasteiger partial charge in [0, 0.05) is 11.0 Å². The van der Waals surface area contributed by atoms with Gasteiger partial charge in [0.2, 0.25) is 4.96 Å². The predicted molar refractivity (Wildman–Crippen MR) is 91.1 cm³/mol. The van der Waals surface area contributed by atoms with E-state index < -0.39 is 0 Å². The molecule has 0 atom stereocenters. The summed E-state index contributed by atoms with van der Waals surface area (Å²) >= 11 is 7.50. The second-order valence-electron chi connectivity index (χ2n) is 6.27. The molecule has 23 heavy (non-hydrogen) atoms. The first kappa shape index (κ1) is 16.0. The Balaban J connectivity index is 1.87. The van der Waals surface area contributed by atoms with E-state index in [-0.39, 0.29) is 11.2 Å². The Morgan fingerprint density at radius 2 is 2.09 bits per heavy atom. The maximum Gasteiger partial charge on any atom is 0.299 e. The molecule has 1 aromatic carbocycles. The third-order valence-electron chi connectivity index (χ3n) is 3.33. The molecule has 0 radical (unpaired) electrons. The zero-order valence-electron chi connectivity index (χ0n) is 13.3. The van der Waals surface area contributed by atoms with Crippen molar-refractivity contribution in [3.63, 3.8) is 0 Å². The third-order valence-corrected chi connectivity index (χ3v) is 4.42. The molecule has 5 nitrogen and oxygen atoms in total. The van der Waals surface area contributed by atoms with Crippen molar-refractivity contribution in [2.45, 2.75) is 33.1 Å². The van der Waals surface area contributed by atoms with Gasteiger partial charge < -0.3 is 4.74 Å².